The summed E-state index contributed by atoms with van der Waals surface area (Å²) in [5, 5.41) is 2.67. The second-order valence-corrected chi connectivity index (χ2v) is 6.09. The van der Waals surface area contributed by atoms with Gasteiger partial charge in [-0.25, -0.2) is 9.29 Å². The maximum atomic E-state index is 13.2. The first-order valence-electron chi connectivity index (χ1n) is 6.64. The Bertz CT molecular complexity index is 899. The molecule has 0 bridgehead atoms. The number of nitrogens with zero attached hydrogens (tertiary/aromatic N) is 1. The van der Waals surface area contributed by atoms with Crippen molar-refractivity contribution >= 4 is 58.0 Å². The molecule has 1 aliphatic rings. The summed E-state index contributed by atoms with van der Waals surface area (Å²) in [4.78, 5) is 25.7. The predicted molar refractivity (Wildman–Crippen MR) is 91.9 cm³/mol. The molecule has 1 heterocycles. The van der Waals surface area contributed by atoms with Crippen LogP contribution in [0.2, 0.25) is 10.0 Å². The molecule has 3 rings (SSSR count). The lowest BCUT2D eigenvalue weighted by Crippen LogP contribution is -2.32. The molecule has 0 saturated carbocycles. The van der Waals surface area contributed by atoms with Gasteiger partial charge in [0.25, 0.3) is 11.8 Å². The molecular formula is C16H8Cl3FN2O2. The van der Waals surface area contributed by atoms with Crippen LogP contribution in [0.1, 0.15) is 0 Å². The van der Waals surface area contributed by atoms with E-state index in [2.05, 4.69) is 5.32 Å². The van der Waals surface area contributed by atoms with Crippen molar-refractivity contribution in [2.75, 3.05) is 10.2 Å². The molecule has 8 heteroatoms. The van der Waals surface area contributed by atoms with Crippen molar-refractivity contribution in [3.05, 3.63) is 69.1 Å². The number of anilines is 2. The topological polar surface area (TPSA) is 49.4 Å². The molecule has 122 valence electrons. The Morgan fingerprint density at radius 1 is 0.958 bits per heavy atom. The van der Waals surface area contributed by atoms with E-state index in [0.29, 0.717) is 16.4 Å². The summed E-state index contributed by atoms with van der Waals surface area (Å²) in [5.74, 6) is -1.93. The lowest BCUT2D eigenvalue weighted by molar-refractivity contribution is -0.120. The van der Waals surface area contributed by atoms with Gasteiger partial charge in [-0.1, -0.05) is 40.9 Å². The molecule has 24 heavy (non-hydrogen) atoms. The highest BCUT2D eigenvalue weighted by Gasteiger charge is 2.39. The van der Waals surface area contributed by atoms with Crippen LogP contribution in [-0.4, -0.2) is 11.8 Å². The average Bonchev–Trinajstić information content (AvgIpc) is 2.74. The maximum absolute atomic E-state index is 13.2. The van der Waals surface area contributed by atoms with Crippen LogP contribution in [0, 0.1) is 5.82 Å². The van der Waals surface area contributed by atoms with Crippen molar-refractivity contribution < 1.29 is 14.0 Å². The fourth-order valence-corrected chi connectivity index (χ4v) is 2.76. The second kappa shape index (κ2) is 6.43. The number of nitrogens with one attached hydrogen (secondary N) is 1. The van der Waals surface area contributed by atoms with Gasteiger partial charge in [-0.05, 0) is 36.4 Å². The number of halogens is 4. The zero-order chi connectivity index (χ0) is 17.4. The molecule has 0 aromatic heterocycles. The van der Waals surface area contributed by atoms with Crippen molar-refractivity contribution in [1.82, 2.24) is 0 Å². The largest absolute Gasteiger partial charge is 0.350 e. The van der Waals surface area contributed by atoms with Gasteiger partial charge in [0, 0.05) is 10.7 Å². The number of hydrogen-bond acceptors (Lipinski definition) is 3. The van der Waals surface area contributed by atoms with Crippen molar-refractivity contribution in [2.24, 2.45) is 0 Å². The zero-order valence-electron chi connectivity index (χ0n) is 11.8. The van der Waals surface area contributed by atoms with Gasteiger partial charge in [0.2, 0.25) is 0 Å². The molecule has 0 aliphatic carbocycles. The van der Waals surface area contributed by atoms with E-state index in [1.165, 1.54) is 18.2 Å². The summed E-state index contributed by atoms with van der Waals surface area (Å²) in [6.45, 7) is 0. The van der Waals surface area contributed by atoms with E-state index in [9.17, 15) is 14.0 Å². The second-order valence-electron chi connectivity index (χ2n) is 4.87. The van der Waals surface area contributed by atoms with E-state index in [1.807, 2.05) is 0 Å². The van der Waals surface area contributed by atoms with E-state index in [4.69, 9.17) is 34.8 Å². The summed E-state index contributed by atoms with van der Waals surface area (Å²) < 4.78 is 13.2. The Balaban J connectivity index is 1.93. The lowest BCUT2D eigenvalue weighted by Gasteiger charge is -2.15. The standard InChI is InChI=1S/C16H8Cl3FN2O2/c17-8-2-1-3-10(6-8)22-15(23)13(19)14(16(22)24)21-9-4-5-12(20)11(18)7-9/h1-7,21H. The minimum Gasteiger partial charge on any atom is -0.350 e. The average molecular weight is 386 g/mol. The highest BCUT2D eigenvalue weighted by atomic mass is 35.5. The number of carbonyl (C=O) groups is 2. The van der Waals surface area contributed by atoms with Gasteiger partial charge >= 0.3 is 0 Å². The van der Waals surface area contributed by atoms with Crippen LogP contribution in [0.4, 0.5) is 15.8 Å². The zero-order valence-corrected chi connectivity index (χ0v) is 14.1. The third kappa shape index (κ3) is 2.98. The van der Waals surface area contributed by atoms with Crippen molar-refractivity contribution in [3.8, 4) is 0 Å². The van der Waals surface area contributed by atoms with Crippen LogP contribution in [-0.2, 0) is 9.59 Å². The normalized spacial score (nSPS) is 14.6. The van der Waals surface area contributed by atoms with E-state index in [1.54, 1.807) is 18.2 Å². The number of rotatable bonds is 3. The highest BCUT2D eigenvalue weighted by molar-refractivity contribution is 6.53. The third-order valence-corrected chi connectivity index (χ3v) is 4.16. The van der Waals surface area contributed by atoms with Crippen molar-refractivity contribution in [2.45, 2.75) is 0 Å². The van der Waals surface area contributed by atoms with Gasteiger partial charge in [-0.15, -0.1) is 0 Å². The van der Waals surface area contributed by atoms with Crippen LogP contribution in [0.5, 0.6) is 0 Å². The monoisotopic (exact) mass is 384 g/mol. The third-order valence-electron chi connectivity index (χ3n) is 3.28. The number of carbonyl (C=O) groups excluding carboxylic acids is 2. The fourth-order valence-electron chi connectivity index (χ4n) is 2.18. The molecule has 4 nitrogen and oxygen atoms in total. The van der Waals surface area contributed by atoms with Gasteiger partial charge < -0.3 is 5.32 Å². The molecule has 1 aliphatic heterocycles. The van der Waals surface area contributed by atoms with Gasteiger partial charge in [-0.2, -0.15) is 0 Å². The van der Waals surface area contributed by atoms with E-state index in [-0.39, 0.29) is 15.8 Å². The van der Waals surface area contributed by atoms with E-state index < -0.39 is 17.6 Å². The SMILES string of the molecule is O=C1C(Cl)=C(Nc2ccc(F)c(Cl)c2)C(=O)N1c1cccc(Cl)c1. The molecular weight excluding hydrogens is 378 g/mol. The quantitative estimate of drug-likeness (QED) is 0.788. The Morgan fingerprint density at radius 2 is 1.71 bits per heavy atom. The van der Waals surface area contributed by atoms with Gasteiger partial charge in [0.1, 0.15) is 16.5 Å². The molecule has 0 fully saturated rings. The van der Waals surface area contributed by atoms with Crippen molar-refractivity contribution in [3.63, 3.8) is 0 Å². The molecule has 1 N–H and O–H groups in total. The molecule has 0 atom stereocenters. The number of hydrogen-bond donors (Lipinski definition) is 1. The molecule has 2 aromatic carbocycles. The first-order valence-corrected chi connectivity index (χ1v) is 7.78. The summed E-state index contributed by atoms with van der Waals surface area (Å²) >= 11 is 17.6. The Morgan fingerprint density at radius 3 is 2.38 bits per heavy atom. The van der Waals surface area contributed by atoms with Gasteiger partial charge in [0.15, 0.2) is 0 Å². The molecule has 2 amide bonds. The molecule has 0 spiro atoms. The Labute approximate surface area is 151 Å². The minimum atomic E-state index is -0.681. The fraction of sp³-hybridized carbons (Fsp3) is 0. The summed E-state index contributed by atoms with van der Waals surface area (Å²) in [6.07, 6.45) is 0. The number of imide groups is 1. The van der Waals surface area contributed by atoms with E-state index >= 15 is 0 Å². The summed E-state index contributed by atoms with van der Waals surface area (Å²) in [7, 11) is 0. The van der Waals surface area contributed by atoms with Crippen LogP contribution in [0.25, 0.3) is 0 Å². The summed E-state index contributed by atoms with van der Waals surface area (Å²) in [6, 6.07) is 10.0. The molecule has 0 unspecified atom stereocenters. The maximum Gasteiger partial charge on any atom is 0.283 e. The lowest BCUT2D eigenvalue weighted by atomic mass is 10.3. The van der Waals surface area contributed by atoms with Crippen LogP contribution in [0.15, 0.2) is 53.2 Å². The predicted octanol–water partition coefficient (Wildman–Crippen LogP) is 4.57. The first kappa shape index (κ1) is 16.8. The van der Waals surface area contributed by atoms with Gasteiger partial charge in [-0.3, -0.25) is 9.59 Å². The smallest absolute Gasteiger partial charge is 0.283 e. The highest BCUT2D eigenvalue weighted by Crippen LogP contribution is 2.31. The first-order chi connectivity index (χ1) is 11.4. The summed E-state index contributed by atoms with van der Waals surface area (Å²) in [5.41, 5.74) is 0.498. The number of benzene rings is 2. The minimum absolute atomic E-state index is 0.121. The molecule has 0 saturated heterocycles. The van der Waals surface area contributed by atoms with Crippen LogP contribution >= 0.6 is 34.8 Å². The Hall–Kier alpha value is -2.08. The Kier molecular flexibility index (Phi) is 4.49. The van der Waals surface area contributed by atoms with Crippen LogP contribution < -0.4 is 10.2 Å². The molecule has 0 radical (unpaired) electrons. The number of amides is 2. The van der Waals surface area contributed by atoms with Crippen LogP contribution in [0.3, 0.4) is 0 Å². The molecule has 2 aromatic rings. The van der Waals surface area contributed by atoms with Gasteiger partial charge in [0.05, 0.1) is 10.7 Å². The van der Waals surface area contributed by atoms with Crippen molar-refractivity contribution in [1.29, 1.82) is 0 Å². The van der Waals surface area contributed by atoms with E-state index in [0.717, 1.165) is 11.0 Å².